The first-order chi connectivity index (χ1) is 15.5. The number of benzene rings is 3. The third-order valence-electron chi connectivity index (χ3n) is 4.94. The Morgan fingerprint density at radius 2 is 1.73 bits per heavy atom. The molecule has 0 aliphatic carbocycles. The molecule has 9 heteroatoms. The molecular weight excluding hydrogens is 453 g/mol. The molecule has 0 spiro atoms. The van der Waals surface area contributed by atoms with Crippen molar-refractivity contribution in [3.8, 4) is 17.2 Å². The molecule has 0 bridgehead atoms. The summed E-state index contributed by atoms with van der Waals surface area (Å²) in [5, 5.41) is 11.5. The van der Waals surface area contributed by atoms with Crippen molar-refractivity contribution in [2.75, 3.05) is 11.1 Å². The second-order valence-electron chi connectivity index (χ2n) is 7.22. The van der Waals surface area contributed by atoms with E-state index in [1.807, 2.05) is 6.07 Å². The van der Waals surface area contributed by atoms with Gasteiger partial charge in [-0.05, 0) is 53.1 Å². The number of alkyl halides is 3. The molecule has 0 saturated carbocycles. The number of nitrogens with zero attached hydrogens (tertiary/aromatic N) is 1. The topological polar surface area (TPSA) is 87.0 Å². The summed E-state index contributed by atoms with van der Waals surface area (Å²) in [4.78, 5) is 12.5. The quantitative estimate of drug-likeness (QED) is 0.533. The van der Waals surface area contributed by atoms with Gasteiger partial charge in [0.2, 0.25) is 5.91 Å². The van der Waals surface area contributed by atoms with Crippen molar-refractivity contribution in [2.45, 2.75) is 24.4 Å². The van der Waals surface area contributed by atoms with Crippen LogP contribution in [0.1, 0.15) is 23.6 Å². The van der Waals surface area contributed by atoms with Crippen LogP contribution in [0.4, 0.5) is 18.9 Å². The number of halogens is 3. The summed E-state index contributed by atoms with van der Waals surface area (Å²) in [7, 11) is -3.37. The maximum atomic E-state index is 13.7. The summed E-state index contributed by atoms with van der Waals surface area (Å²) in [6, 6.07) is 17.0. The Morgan fingerprint density at radius 1 is 1.03 bits per heavy atom. The minimum atomic E-state index is -4.68. The van der Waals surface area contributed by atoms with Crippen LogP contribution in [0.25, 0.3) is 11.1 Å². The van der Waals surface area contributed by atoms with E-state index in [9.17, 15) is 26.4 Å². The third kappa shape index (κ3) is 5.79. The van der Waals surface area contributed by atoms with E-state index in [4.69, 9.17) is 5.26 Å². The maximum Gasteiger partial charge on any atom is 0.417 e. The fourth-order valence-electron chi connectivity index (χ4n) is 3.24. The van der Waals surface area contributed by atoms with Gasteiger partial charge < -0.3 is 5.32 Å². The lowest BCUT2D eigenvalue weighted by Gasteiger charge is -2.15. The third-order valence-corrected chi connectivity index (χ3v) is 6.69. The summed E-state index contributed by atoms with van der Waals surface area (Å²) < 4.78 is 64.9. The van der Waals surface area contributed by atoms with Crippen molar-refractivity contribution < 1.29 is 26.4 Å². The van der Waals surface area contributed by atoms with E-state index in [2.05, 4.69) is 5.32 Å². The maximum absolute atomic E-state index is 13.7. The fourth-order valence-corrected chi connectivity index (χ4v) is 4.12. The number of amides is 1. The summed E-state index contributed by atoms with van der Waals surface area (Å²) in [6.07, 6.45) is -4.82. The Labute approximate surface area is 189 Å². The predicted molar refractivity (Wildman–Crippen MR) is 118 cm³/mol. The Morgan fingerprint density at radius 3 is 2.33 bits per heavy atom. The summed E-state index contributed by atoms with van der Waals surface area (Å²) in [5.41, 5.74) is -0.0896. The Balaban J connectivity index is 1.82. The average molecular weight is 472 g/mol. The molecule has 0 fully saturated rings. The molecule has 33 heavy (non-hydrogen) atoms. The molecule has 0 radical (unpaired) electrons. The molecule has 0 unspecified atom stereocenters. The molecule has 0 aliphatic rings. The van der Waals surface area contributed by atoms with Crippen molar-refractivity contribution >= 4 is 21.4 Å². The Bertz CT molecular complexity index is 1330. The van der Waals surface area contributed by atoms with Crippen LogP contribution in [0.5, 0.6) is 0 Å². The van der Waals surface area contributed by atoms with Gasteiger partial charge in [-0.1, -0.05) is 37.3 Å². The van der Waals surface area contributed by atoms with Gasteiger partial charge in [-0.2, -0.15) is 18.4 Å². The summed E-state index contributed by atoms with van der Waals surface area (Å²) >= 11 is 0. The van der Waals surface area contributed by atoms with Crippen molar-refractivity contribution in [2.24, 2.45) is 0 Å². The highest BCUT2D eigenvalue weighted by molar-refractivity contribution is 7.91. The smallest absolute Gasteiger partial charge is 0.326 e. The zero-order chi connectivity index (χ0) is 24.2. The normalized spacial score (nSPS) is 11.6. The Kier molecular flexibility index (Phi) is 6.89. The van der Waals surface area contributed by atoms with Crippen molar-refractivity contribution in [1.29, 1.82) is 5.26 Å². The summed E-state index contributed by atoms with van der Waals surface area (Å²) in [5.74, 6) is -0.598. The number of nitrogens with one attached hydrogen (secondary N) is 1. The molecule has 1 amide bonds. The molecule has 3 aromatic carbocycles. The predicted octanol–water partition coefficient (Wildman–Crippen LogP) is 5.22. The van der Waals surface area contributed by atoms with Crippen LogP contribution < -0.4 is 5.32 Å². The fraction of sp³-hybridized carbons (Fsp3) is 0.167. The van der Waals surface area contributed by atoms with E-state index >= 15 is 0 Å². The number of anilines is 1. The molecule has 0 saturated heterocycles. The zero-order valence-corrected chi connectivity index (χ0v) is 18.3. The molecule has 0 aliphatic heterocycles. The van der Waals surface area contributed by atoms with E-state index in [0.717, 1.165) is 6.07 Å². The lowest BCUT2D eigenvalue weighted by molar-refractivity contribution is -0.137. The van der Waals surface area contributed by atoms with Crippen molar-refractivity contribution in [3.63, 3.8) is 0 Å². The second kappa shape index (κ2) is 9.46. The molecule has 5 nitrogen and oxygen atoms in total. The van der Waals surface area contributed by atoms with Crippen LogP contribution in [0.2, 0.25) is 0 Å². The summed E-state index contributed by atoms with van der Waals surface area (Å²) in [6.45, 7) is 1.53. The second-order valence-corrected chi connectivity index (χ2v) is 9.50. The molecular formula is C24H19F3N2O3S. The molecule has 1 N–H and O–H groups in total. The van der Waals surface area contributed by atoms with Gasteiger partial charge in [0.1, 0.15) is 0 Å². The number of hydrogen-bond acceptors (Lipinski definition) is 4. The van der Waals surface area contributed by atoms with Crippen LogP contribution >= 0.6 is 0 Å². The Hall–Kier alpha value is -3.64. The first kappa shape index (κ1) is 24.0. The SMILES string of the molecule is CCS(=O)(=O)c1ccc(CC(=O)Nc2ccc(-c3cccc(C#N)c3)c(C(F)(F)F)c2)cc1. The standard InChI is InChI=1S/C24H19F3N2O3S/c1-2-33(31,32)20-9-6-16(7-10-20)13-23(30)29-19-8-11-21(22(14-19)24(25,26)27)18-5-3-4-17(12-18)15-28/h3-12,14H,2,13H2,1H3,(H,29,30). The molecule has 0 heterocycles. The van der Waals surface area contributed by atoms with Gasteiger partial charge in [0, 0.05) is 5.69 Å². The van der Waals surface area contributed by atoms with Gasteiger partial charge in [0.15, 0.2) is 9.84 Å². The number of carbonyl (C=O) groups is 1. The lowest BCUT2D eigenvalue weighted by Crippen LogP contribution is -2.16. The van der Waals surface area contributed by atoms with Crippen molar-refractivity contribution in [3.05, 3.63) is 83.4 Å². The van der Waals surface area contributed by atoms with E-state index in [0.29, 0.717) is 5.56 Å². The minimum Gasteiger partial charge on any atom is -0.326 e. The lowest BCUT2D eigenvalue weighted by atomic mass is 9.97. The number of sulfone groups is 1. The van der Waals surface area contributed by atoms with E-state index in [1.165, 1.54) is 67.6 Å². The van der Waals surface area contributed by atoms with Gasteiger partial charge in [-0.3, -0.25) is 4.79 Å². The van der Waals surface area contributed by atoms with E-state index in [1.54, 1.807) is 0 Å². The van der Waals surface area contributed by atoms with Gasteiger partial charge in [0.05, 0.1) is 34.3 Å². The van der Waals surface area contributed by atoms with Gasteiger partial charge in [-0.25, -0.2) is 8.42 Å². The zero-order valence-electron chi connectivity index (χ0n) is 17.5. The molecule has 0 atom stereocenters. The number of carbonyl (C=O) groups excluding carboxylic acids is 1. The van der Waals surface area contributed by atoms with Crippen LogP contribution in [0.15, 0.2) is 71.6 Å². The highest BCUT2D eigenvalue weighted by Crippen LogP contribution is 2.38. The van der Waals surface area contributed by atoms with Crippen molar-refractivity contribution in [1.82, 2.24) is 0 Å². The van der Waals surface area contributed by atoms with E-state index < -0.39 is 27.5 Å². The van der Waals surface area contributed by atoms with Crippen LogP contribution in [0, 0.1) is 11.3 Å². The number of hydrogen-bond donors (Lipinski definition) is 1. The highest BCUT2D eigenvalue weighted by Gasteiger charge is 2.34. The van der Waals surface area contributed by atoms with Crippen LogP contribution in [-0.4, -0.2) is 20.1 Å². The van der Waals surface area contributed by atoms with Gasteiger partial charge >= 0.3 is 6.18 Å². The molecule has 0 aromatic heterocycles. The first-order valence-electron chi connectivity index (χ1n) is 9.87. The number of nitriles is 1. The largest absolute Gasteiger partial charge is 0.417 e. The van der Waals surface area contributed by atoms with Crippen LogP contribution in [-0.2, 0) is 27.2 Å². The van der Waals surface area contributed by atoms with Gasteiger partial charge in [0.25, 0.3) is 0 Å². The van der Waals surface area contributed by atoms with Gasteiger partial charge in [-0.15, -0.1) is 0 Å². The first-order valence-corrected chi connectivity index (χ1v) is 11.5. The monoisotopic (exact) mass is 472 g/mol. The number of rotatable bonds is 6. The molecule has 3 aromatic rings. The molecule has 170 valence electrons. The average Bonchev–Trinajstić information content (AvgIpc) is 2.78. The van der Waals surface area contributed by atoms with E-state index in [-0.39, 0.29) is 39.4 Å². The molecule has 3 rings (SSSR count). The van der Waals surface area contributed by atoms with Crippen LogP contribution in [0.3, 0.4) is 0 Å². The highest BCUT2D eigenvalue weighted by atomic mass is 32.2. The minimum absolute atomic E-state index is 0.0299.